The van der Waals surface area contributed by atoms with Crippen LogP contribution >= 0.6 is 23.2 Å². The molecule has 0 bridgehead atoms. The van der Waals surface area contributed by atoms with Crippen molar-refractivity contribution in [2.75, 3.05) is 0 Å². The Labute approximate surface area is 159 Å². The summed E-state index contributed by atoms with van der Waals surface area (Å²) in [6, 6.07) is 9.62. The molecule has 0 aliphatic heterocycles. The lowest BCUT2D eigenvalue weighted by molar-refractivity contribution is -0.142. The van der Waals surface area contributed by atoms with Crippen molar-refractivity contribution in [3.8, 4) is 22.8 Å². The zero-order valence-electron chi connectivity index (χ0n) is 14.0. The number of benzene rings is 2. The van der Waals surface area contributed by atoms with Crippen LogP contribution in [0.1, 0.15) is 12.5 Å². The lowest BCUT2D eigenvalue weighted by Gasteiger charge is -2.07. The van der Waals surface area contributed by atoms with Crippen molar-refractivity contribution in [2.24, 2.45) is 7.05 Å². The van der Waals surface area contributed by atoms with Crippen LogP contribution < -0.4 is 0 Å². The van der Waals surface area contributed by atoms with E-state index >= 15 is 0 Å². The van der Waals surface area contributed by atoms with Crippen LogP contribution in [0.3, 0.4) is 0 Å². The molecule has 0 saturated carbocycles. The maximum Gasteiger partial charge on any atom is 0.302 e. The first-order valence-electron chi connectivity index (χ1n) is 7.64. The molecule has 2 aromatic carbocycles. The van der Waals surface area contributed by atoms with E-state index in [-0.39, 0.29) is 29.0 Å². The number of hydrogen-bond acceptors (Lipinski definition) is 4. The SMILES string of the molecule is CC(=O)OCc1ccc(-c2nc(-c3c(F)cccc3Cl)nn2C)cc1Cl. The lowest BCUT2D eigenvalue weighted by atomic mass is 10.1. The van der Waals surface area contributed by atoms with Crippen LogP contribution in [0.4, 0.5) is 4.39 Å². The topological polar surface area (TPSA) is 57.0 Å². The second-order valence-electron chi connectivity index (χ2n) is 5.57. The zero-order valence-corrected chi connectivity index (χ0v) is 15.5. The average Bonchev–Trinajstić information content (AvgIpc) is 2.94. The van der Waals surface area contributed by atoms with Crippen molar-refractivity contribution in [3.63, 3.8) is 0 Å². The molecule has 0 saturated heterocycles. The van der Waals surface area contributed by atoms with Crippen molar-refractivity contribution in [1.29, 1.82) is 0 Å². The third-order valence-corrected chi connectivity index (χ3v) is 4.36. The molecule has 0 spiro atoms. The standard InChI is InChI=1S/C18H14Cl2FN3O2/c1-10(25)26-9-12-7-6-11(8-14(12)20)18-22-17(23-24(18)2)16-13(19)4-3-5-15(16)21/h3-8H,9H2,1-2H3. The van der Waals surface area contributed by atoms with E-state index in [1.54, 1.807) is 31.3 Å². The van der Waals surface area contributed by atoms with Crippen LogP contribution in [0, 0.1) is 5.82 Å². The first-order valence-corrected chi connectivity index (χ1v) is 8.40. The van der Waals surface area contributed by atoms with E-state index in [0.717, 1.165) is 0 Å². The van der Waals surface area contributed by atoms with E-state index in [0.29, 0.717) is 22.0 Å². The highest BCUT2D eigenvalue weighted by Gasteiger charge is 2.18. The van der Waals surface area contributed by atoms with Crippen molar-refractivity contribution in [2.45, 2.75) is 13.5 Å². The van der Waals surface area contributed by atoms with E-state index in [4.69, 9.17) is 27.9 Å². The highest BCUT2D eigenvalue weighted by atomic mass is 35.5. The average molecular weight is 394 g/mol. The molecule has 26 heavy (non-hydrogen) atoms. The van der Waals surface area contributed by atoms with Crippen molar-refractivity contribution in [1.82, 2.24) is 14.8 Å². The fourth-order valence-electron chi connectivity index (χ4n) is 2.44. The van der Waals surface area contributed by atoms with E-state index in [1.165, 1.54) is 23.7 Å². The minimum Gasteiger partial charge on any atom is -0.461 e. The van der Waals surface area contributed by atoms with Gasteiger partial charge in [-0.15, -0.1) is 0 Å². The summed E-state index contributed by atoms with van der Waals surface area (Å²) in [6.45, 7) is 1.42. The largest absolute Gasteiger partial charge is 0.461 e. The van der Waals surface area contributed by atoms with Gasteiger partial charge >= 0.3 is 5.97 Å². The zero-order chi connectivity index (χ0) is 18.8. The Morgan fingerprint density at radius 2 is 2.00 bits per heavy atom. The van der Waals surface area contributed by atoms with E-state index in [1.807, 2.05) is 0 Å². The molecule has 0 N–H and O–H groups in total. The van der Waals surface area contributed by atoms with Gasteiger partial charge in [-0.05, 0) is 18.2 Å². The highest BCUT2D eigenvalue weighted by molar-refractivity contribution is 6.33. The molecule has 1 heterocycles. The molecule has 0 fully saturated rings. The summed E-state index contributed by atoms with van der Waals surface area (Å²) >= 11 is 12.3. The number of rotatable bonds is 4. The van der Waals surface area contributed by atoms with E-state index in [2.05, 4.69) is 10.1 Å². The number of carbonyl (C=O) groups is 1. The number of halogens is 3. The number of aryl methyl sites for hydroxylation is 1. The third-order valence-electron chi connectivity index (χ3n) is 3.69. The summed E-state index contributed by atoms with van der Waals surface area (Å²) in [5, 5.41) is 4.92. The number of carbonyl (C=O) groups excluding carboxylic acids is 1. The third kappa shape index (κ3) is 3.71. The van der Waals surface area contributed by atoms with Crippen LogP contribution in [0.2, 0.25) is 10.0 Å². The van der Waals surface area contributed by atoms with Gasteiger partial charge in [-0.1, -0.05) is 41.4 Å². The van der Waals surface area contributed by atoms with Crippen LogP contribution in [0.15, 0.2) is 36.4 Å². The highest BCUT2D eigenvalue weighted by Crippen LogP contribution is 2.31. The molecule has 0 aliphatic carbocycles. The van der Waals surface area contributed by atoms with Crippen LogP contribution in [0.25, 0.3) is 22.8 Å². The molecular weight excluding hydrogens is 380 g/mol. The summed E-state index contributed by atoms with van der Waals surface area (Å²) < 4.78 is 20.6. The molecule has 5 nitrogen and oxygen atoms in total. The fraction of sp³-hybridized carbons (Fsp3) is 0.167. The Kier molecular flexibility index (Phi) is 5.25. The molecule has 1 aromatic heterocycles. The van der Waals surface area contributed by atoms with Crippen LogP contribution in [-0.2, 0) is 23.2 Å². The second-order valence-corrected chi connectivity index (χ2v) is 6.38. The van der Waals surface area contributed by atoms with Gasteiger partial charge in [-0.25, -0.2) is 14.1 Å². The van der Waals surface area contributed by atoms with Gasteiger partial charge in [0.25, 0.3) is 0 Å². The minimum absolute atomic E-state index is 0.0867. The second kappa shape index (κ2) is 7.43. The maximum absolute atomic E-state index is 14.1. The Balaban J connectivity index is 1.97. The Morgan fingerprint density at radius 3 is 2.65 bits per heavy atom. The molecule has 0 unspecified atom stereocenters. The lowest BCUT2D eigenvalue weighted by Crippen LogP contribution is -2.00. The molecule has 0 atom stereocenters. The molecular formula is C18H14Cl2FN3O2. The van der Waals surface area contributed by atoms with E-state index < -0.39 is 5.82 Å². The Morgan fingerprint density at radius 1 is 1.23 bits per heavy atom. The summed E-state index contributed by atoms with van der Waals surface area (Å²) in [4.78, 5) is 15.3. The molecule has 8 heteroatoms. The van der Waals surface area contributed by atoms with E-state index in [9.17, 15) is 9.18 Å². The molecule has 0 radical (unpaired) electrons. The normalized spacial score (nSPS) is 10.8. The van der Waals surface area contributed by atoms with Crippen molar-refractivity contribution >= 4 is 29.2 Å². The van der Waals surface area contributed by atoms with Gasteiger partial charge < -0.3 is 4.74 Å². The number of ether oxygens (including phenoxy) is 1. The molecule has 3 aromatic rings. The summed E-state index contributed by atoms with van der Waals surface area (Å²) in [6.07, 6.45) is 0. The smallest absolute Gasteiger partial charge is 0.302 e. The number of hydrogen-bond donors (Lipinski definition) is 0. The Bertz CT molecular complexity index is 968. The summed E-state index contributed by atoms with van der Waals surface area (Å²) in [7, 11) is 1.70. The van der Waals surface area contributed by atoms with Crippen LogP contribution in [0.5, 0.6) is 0 Å². The number of nitrogens with zero attached hydrogens (tertiary/aromatic N) is 3. The number of aromatic nitrogens is 3. The van der Waals surface area contributed by atoms with Gasteiger partial charge in [0.2, 0.25) is 0 Å². The molecule has 0 aliphatic rings. The summed E-state index contributed by atoms with van der Waals surface area (Å²) in [5.74, 6) is -0.194. The summed E-state index contributed by atoms with van der Waals surface area (Å²) in [5.41, 5.74) is 1.51. The molecule has 3 rings (SSSR count). The predicted octanol–water partition coefficient (Wildman–Crippen LogP) is 4.66. The first-order chi connectivity index (χ1) is 12.4. The van der Waals surface area contributed by atoms with Gasteiger partial charge in [0.05, 0.1) is 10.6 Å². The van der Waals surface area contributed by atoms with Crippen molar-refractivity contribution in [3.05, 3.63) is 57.8 Å². The quantitative estimate of drug-likeness (QED) is 0.604. The molecule has 134 valence electrons. The minimum atomic E-state index is -0.496. The van der Waals surface area contributed by atoms with Gasteiger partial charge in [0.1, 0.15) is 12.4 Å². The van der Waals surface area contributed by atoms with Gasteiger partial charge in [-0.2, -0.15) is 5.10 Å². The van der Waals surface area contributed by atoms with Crippen LogP contribution in [-0.4, -0.2) is 20.7 Å². The van der Waals surface area contributed by atoms with Gasteiger partial charge in [0, 0.05) is 30.1 Å². The van der Waals surface area contributed by atoms with Gasteiger partial charge in [-0.3, -0.25) is 4.79 Å². The maximum atomic E-state index is 14.1. The molecule has 0 amide bonds. The number of esters is 1. The predicted molar refractivity (Wildman–Crippen MR) is 97.3 cm³/mol. The van der Waals surface area contributed by atoms with Gasteiger partial charge in [0.15, 0.2) is 11.6 Å². The van der Waals surface area contributed by atoms with Crippen molar-refractivity contribution < 1.29 is 13.9 Å². The fourth-order valence-corrected chi connectivity index (χ4v) is 2.92. The first kappa shape index (κ1) is 18.4. The Hall–Kier alpha value is -2.44. The monoisotopic (exact) mass is 393 g/mol.